The van der Waals surface area contributed by atoms with Gasteiger partial charge in [-0.1, -0.05) is 31.9 Å². The minimum Gasteiger partial charge on any atom is -0.462 e. The Morgan fingerprint density at radius 3 is 2.60 bits per heavy atom. The first-order chi connectivity index (χ1) is 7.10. The molecule has 0 atom stereocenters. The van der Waals surface area contributed by atoms with E-state index in [2.05, 4.69) is 20.8 Å². The molecule has 0 aromatic carbocycles. The summed E-state index contributed by atoms with van der Waals surface area (Å²) in [6.45, 7) is 8.70. The zero-order valence-electron chi connectivity index (χ0n) is 10.1. The first-order valence-electron chi connectivity index (χ1n) is 5.69. The van der Waals surface area contributed by atoms with E-state index in [9.17, 15) is 4.79 Å². The third kappa shape index (κ3) is 2.71. The molecule has 0 aromatic heterocycles. The molecular formula is C13H20O2. The van der Waals surface area contributed by atoms with Gasteiger partial charge in [0.25, 0.3) is 0 Å². The maximum absolute atomic E-state index is 11.7. The molecule has 0 aliphatic heterocycles. The Bertz CT molecular complexity index is 308. The predicted octanol–water partition coefficient (Wildman–Crippen LogP) is 3.24. The van der Waals surface area contributed by atoms with Crippen molar-refractivity contribution < 1.29 is 9.53 Å². The van der Waals surface area contributed by atoms with Crippen LogP contribution in [0.2, 0.25) is 0 Å². The standard InChI is InChI=1S/C13H20O2/c1-5-10-7-11(9(3)4)8-12(10)13(14)15-6-2/h8-9H,5-7H2,1-4H3. The number of ether oxygens (including phenoxy) is 1. The lowest BCUT2D eigenvalue weighted by Gasteiger charge is -2.06. The van der Waals surface area contributed by atoms with Crippen LogP contribution in [0.25, 0.3) is 0 Å². The van der Waals surface area contributed by atoms with Gasteiger partial charge in [0.1, 0.15) is 0 Å². The van der Waals surface area contributed by atoms with Gasteiger partial charge in [-0.3, -0.25) is 0 Å². The van der Waals surface area contributed by atoms with Gasteiger partial charge in [-0.2, -0.15) is 0 Å². The molecule has 15 heavy (non-hydrogen) atoms. The van der Waals surface area contributed by atoms with E-state index in [0.29, 0.717) is 12.5 Å². The summed E-state index contributed by atoms with van der Waals surface area (Å²) in [6.07, 6.45) is 3.89. The van der Waals surface area contributed by atoms with E-state index in [0.717, 1.165) is 18.4 Å². The molecule has 0 amide bonds. The molecule has 1 aliphatic carbocycles. The lowest BCUT2D eigenvalue weighted by Crippen LogP contribution is -2.06. The van der Waals surface area contributed by atoms with Crippen molar-refractivity contribution in [2.45, 2.75) is 40.5 Å². The summed E-state index contributed by atoms with van der Waals surface area (Å²) in [5.41, 5.74) is 3.36. The number of carbonyl (C=O) groups excluding carboxylic acids is 1. The van der Waals surface area contributed by atoms with Crippen molar-refractivity contribution in [2.75, 3.05) is 6.61 Å². The molecule has 0 N–H and O–H groups in total. The first-order valence-corrected chi connectivity index (χ1v) is 5.69. The Balaban J connectivity index is 2.85. The number of hydrogen-bond donors (Lipinski definition) is 0. The van der Waals surface area contributed by atoms with Gasteiger partial charge in [0.2, 0.25) is 0 Å². The molecule has 1 aliphatic rings. The van der Waals surface area contributed by atoms with Crippen molar-refractivity contribution >= 4 is 5.97 Å². The minimum absolute atomic E-state index is 0.162. The molecule has 0 heterocycles. The molecule has 0 radical (unpaired) electrons. The van der Waals surface area contributed by atoms with Gasteiger partial charge in [0, 0.05) is 0 Å². The quantitative estimate of drug-likeness (QED) is 0.663. The maximum atomic E-state index is 11.7. The summed E-state index contributed by atoms with van der Waals surface area (Å²) in [5.74, 6) is 0.350. The highest BCUT2D eigenvalue weighted by molar-refractivity contribution is 5.93. The molecule has 0 saturated carbocycles. The fourth-order valence-electron chi connectivity index (χ4n) is 1.78. The summed E-state index contributed by atoms with van der Waals surface area (Å²) in [7, 11) is 0. The minimum atomic E-state index is -0.162. The number of rotatable bonds is 4. The average molecular weight is 208 g/mol. The van der Waals surface area contributed by atoms with Crippen LogP contribution in [-0.2, 0) is 9.53 Å². The highest BCUT2D eigenvalue weighted by Gasteiger charge is 2.22. The van der Waals surface area contributed by atoms with E-state index in [-0.39, 0.29) is 5.97 Å². The van der Waals surface area contributed by atoms with E-state index >= 15 is 0 Å². The molecule has 0 fully saturated rings. The Kier molecular flexibility index (Phi) is 4.13. The molecule has 2 heteroatoms. The molecule has 0 saturated heterocycles. The van der Waals surface area contributed by atoms with Gasteiger partial charge in [0.05, 0.1) is 12.2 Å². The Morgan fingerprint density at radius 1 is 1.47 bits per heavy atom. The van der Waals surface area contributed by atoms with Crippen LogP contribution in [0, 0.1) is 5.92 Å². The molecule has 0 spiro atoms. The van der Waals surface area contributed by atoms with E-state index in [1.54, 1.807) is 0 Å². The number of allylic oxidation sites excluding steroid dienone is 2. The van der Waals surface area contributed by atoms with Gasteiger partial charge in [-0.15, -0.1) is 0 Å². The van der Waals surface area contributed by atoms with Gasteiger partial charge in [-0.05, 0) is 31.8 Å². The third-order valence-corrected chi connectivity index (χ3v) is 2.79. The lowest BCUT2D eigenvalue weighted by molar-refractivity contribution is -0.138. The van der Waals surface area contributed by atoms with Crippen LogP contribution in [0.5, 0.6) is 0 Å². The zero-order valence-corrected chi connectivity index (χ0v) is 10.1. The molecular weight excluding hydrogens is 188 g/mol. The van der Waals surface area contributed by atoms with Crippen molar-refractivity contribution in [1.29, 1.82) is 0 Å². The summed E-state index contributed by atoms with van der Waals surface area (Å²) in [6, 6.07) is 0. The van der Waals surface area contributed by atoms with Crippen molar-refractivity contribution in [3.8, 4) is 0 Å². The summed E-state index contributed by atoms with van der Waals surface area (Å²) >= 11 is 0. The summed E-state index contributed by atoms with van der Waals surface area (Å²) < 4.78 is 5.04. The molecule has 0 bridgehead atoms. The number of hydrogen-bond acceptors (Lipinski definition) is 2. The van der Waals surface area contributed by atoms with Crippen LogP contribution in [0.4, 0.5) is 0 Å². The highest BCUT2D eigenvalue weighted by Crippen LogP contribution is 2.32. The molecule has 84 valence electrons. The Labute approximate surface area is 92.0 Å². The van der Waals surface area contributed by atoms with Crippen LogP contribution in [0.1, 0.15) is 40.5 Å². The van der Waals surface area contributed by atoms with Crippen molar-refractivity contribution in [2.24, 2.45) is 5.92 Å². The largest absolute Gasteiger partial charge is 0.462 e. The Hall–Kier alpha value is -1.05. The van der Waals surface area contributed by atoms with Crippen LogP contribution >= 0.6 is 0 Å². The van der Waals surface area contributed by atoms with Crippen molar-refractivity contribution in [3.05, 3.63) is 22.8 Å². The van der Waals surface area contributed by atoms with Crippen LogP contribution < -0.4 is 0 Å². The number of esters is 1. The lowest BCUT2D eigenvalue weighted by atomic mass is 10.00. The Morgan fingerprint density at radius 2 is 2.13 bits per heavy atom. The average Bonchev–Trinajstić information content (AvgIpc) is 2.61. The topological polar surface area (TPSA) is 26.3 Å². The van der Waals surface area contributed by atoms with E-state index in [1.807, 2.05) is 13.0 Å². The second kappa shape index (κ2) is 5.15. The zero-order chi connectivity index (χ0) is 11.4. The third-order valence-electron chi connectivity index (χ3n) is 2.79. The SMILES string of the molecule is CCOC(=O)C1=C(CC)CC(C(C)C)=C1. The molecule has 2 nitrogen and oxygen atoms in total. The summed E-state index contributed by atoms with van der Waals surface area (Å²) in [5, 5.41) is 0. The normalized spacial score (nSPS) is 15.9. The second-order valence-corrected chi connectivity index (χ2v) is 4.14. The fourth-order valence-corrected chi connectivity index (χ4v) is 1.78. The maximum Gasteiger partial charge on any atom is 0.338 e. The summed E-state index contributed by atoms with van der Waals surface area (Å²) in [4.78, 5) is 11.7. The van der Waals surface area contributed by atoms with Crippen LogP contribution in [0.15, 0.2) is 22.8 Å². The second-order valence-electron chi connectivity index (χ2n) is 4.14. The first kappa shape index (κ1) is 12.0. The smallest absolute Gasteiger partial charge is 0.338 e. The van der Waals surface area contributed by atoms with Crippen molar-refractivity contribution in [3.63, 3.8) is 0 Å². The highest BCUT2D eigenvalue weighted by atomic mass is 16.5. The molecule has 0 unspecified atom stereocenters. The van der Waals surface area contributed by atoms with E-state index in [4.69, 9.17) is 4.74 Å². The van der Waals surface area contributed by atoms with Gasteiger partial charge >= 0.3 is 5.97 Å². The predicted molar refractivity (Wildman–Crippen MR) is 61.5 cm³/mol. The van der Waals surface area contributed by atoms with E-state index in [1.165, 1.54) is 11.1 Å². The van der Waals surface area contributed by atoms with E-state index < -0.39 is 0 Å². The van der Waals surface area contributed by atoms with Crippen LogP contribution in [0.3, 0.4) is 0 Å². The van der Waals surface area contributed by atoms with Crippen LogP contribution in [-0.4, -0.2) is 12.6 Å². The number of carbonyl (C=O) groups is 1. The molecule has 1 rings (SSSR count). The van der Waals surface area contributed by atoms with Gasteiger partial charge < -0.3 is 4.74 Å². The fraction of sp³-hybridized carbons (Fsp3) is 0.615. The monoisotopic (exact) mass is 208 g/mol. The molecule has 0 aromatic rings. The van der Waals surface area contributed by atoms with Gasteiger partial charge in [0.15, 0.2) is 0 Å². The van der Waals surface area contributed by atoms with Gasteiger partial charge in [-0.25, -0.2) is 4.79 Å². The van der Waals surface area contributed by atoms with Crippen molar-refractivity contribution in [1.82, 2.24) is 0 Å².